The molecule has 1 aromatic rings. The van der Waals surface area contributed by atoms with E-state index < -0.39 is 6.09 Å². The molecule has 2 heterocycles. The third-order valence-corrected chi connectivity index (χ3v) is 4.04. The Kier molecular flexibility index (Phi) is 2.28. The summed E-state index contributed by atoms with van der Waals surface area (Å²) in [5.74, 6) is 1.63. The van der Waals surface area contributed by atoms with Crippen molar-refractivity contribution in [1.82, 2.24) is 4.90 Å². The minimum atomic E-state index is -0.863. The molecule has 4 nitrogen and oxygen atoms in total. The Bertz CT molecular complexity index is 425. The Morgan fingerprint density at radius 1 is 1.56 bits per heavy atom. The fourth-order valence-electron chi connectivity index (χ4n) is 2.03. The van der Waals surface area contributed by atoms with Crippen molar-refractivity contribution >= 4 is 17.4 Å². The number of hydrogen-bond acceptors (Lipinski definition) is 3. The molecule has 0 atom stereocenters. The molecule has 0 aromatic carbocycles. The first-order chi connectivity index (χ1) is 7.75. The number of rotatable bonds is 1. The van der Waals surface area contributed by atoms with Crippen molar-refractivity contribution in [3.63, 3.8) is 0 Å². The van der Waals surface area contributed by atoms with Crippen molar-refractivity contribution in [2.45, 2.75) is 25.3 Å². The van der Waals surface area contributed by atoms with Crippen LogP contribution >= 0.6 is 11.3 Å². The van der Waals surface area contributed by atoms with Crippen LogP contribution in [0.25, 0.3) is 0 Å². The second-order valence-corrected chi connectivity index (χ2v) is 5.23. The van der Waals surface area contributed by atoms with E-state index in [9.17, 15) is 4.79 Å². The number of carboxylic acid groups (broad SMARTS) is 1. The van der Waals surface area contributed by atoms with Crippen molar-refractivity contribution < 1.29 is 14.6 Å². The molecule has 0 saturated heterocycles. The van der Waals surface area contributed by atoms with Gasteiger partial charge in [-0.1, -0.05) is 0 Å². The monoisotopic (exact) mass is 239 g/mol. The van der Waals surface area contributed by atoms with Crippen molar-refractivity contribution in [2.75, 3.05) is 13.2 Å². The highest BCUT2D eigenvalue weighted by molar-refractivity contribution is 7.10. The molecule has 0 unspecified atom stereocenters. The van der Waals surface area contributed by atoms with Crippen LogP contribution in [-0.4, -0.2) is 29.3 Å². The molecule has 1 aliphatic carbocycles. The first-order valence-corrected chi connectivity index (χ1v) is 6.34. The van der Waals surface area contributed by atoms with Gasteiger partial charge in [-0.3, -0.25) is 4.90 Å². The second-order valence-electron chi connectivity index (χ2n) is 4.27. The number of hydrogen-bond donors (Lipinski definition) is 1. The third-order valence-electron chi connectivity index (χ3n) is 3.07. The lowest BCUT2D eigenvalue weighted by Crippen LogP contribution is -2.30. The number of ether oxygens (including phenoxy) is 1. The molecule has 1 aliphatic heterocycles. The predicted molar refractivity (Wildman–Crippen MR) is 60.2 cm³/mol. The molecule has 1 amide bonds. The zero-order valence-electron chi connectivity index (χ0n) is 8.81. The lowest BCUT2D eigenvalue weighted by molar-refractivity contribution is 0.138. The van der Waals surface area contributed by atoms with E-state index in [0.29, 0.717) is 25.6 Å². The van der Waals surface area contributed by atoms with E-state index in [1.165, 1.54) is 23.3 Å². The average Bonchev–Trinajstić information content (AvgIpc) is 3.04. The first kappa shape index (κ1) is 9.96. The second kappa shape index (κ2) is 3.66. The van der Waals surface area contributed by atoms with Crippen LogP contribution in [0.4, 0.5) is 4.79 Å². The molecule has 1 saturated carbocycles. The van der Waals surface area contributed by atoms with E-state index in [4.69, 9.17) is 9.84 Å². The van der Waals surface area contributed by atoms with Gasteiger partial charge in [-0.15, -0.1) is 11.3 Å². The highest BCUT2D eigenvalue weighted by Gasteiger charge is 2.31. The van der Waals surface area contributed by atoms with Gasteiger partial charge in [0.2, 0.25) is 0 Å². The number of nitrogens with zero attached hydrogens (tertiary/aromatic N) is 1. The highest BCUT2D eigenvalue weighted by Crippen LogP contribution is 2.48. The van der Waals surface area contributed by atoms with Crippen molar-refractivity contribution in [2.24, 2.45) is 0 Å². The molecule has 0 radical (unpaired) electrons. The quantitative estimate of drug-likeness (QED) is 0.819. The molecule has 1 N–H and O–H groups in total. The van der Waals surface area contributed by atoms with Crippen LogP contribution in [0.15, 0.2) is 5.38 Å². The molecule has 1 fully saturated rings. The van der Waals surface area contributed by atoms with Gasteiger partial charge in [0.1, 0.15) is 12.4 Å². The van der Waals surface area contributed by atoms with Gasteiger partial charge in [0.25, 0.3) is 0 Å². The lowest BCUT2D eigenvalue weighted by atomic mass is 10.2. The van der Waals surface area contributed by atoms with Crippen molar-refractivity contribution in [3.8, 4) is 5.75 Å². The van der Waals surface area contributed by atoms with E-state index in [-0.39, 0.29) is 0 Å². The molecule has 3 rings (SSSR count). The number of fused-ring (bicyclic) bond motifs is 1. The zero-order chi connectivity index (χ0) is 11.1. The largest absolute Gasteiger partial charge is 0.490 e. The molecular formula is C11H13NO3S. The number of carbonyl (C=O) groups is 1. The Balaban J connectivity index is 1.89. The normalized spacial score (nSPS) is 19.9. The van der Waals surface area contributed by atoms with Gasteiger partial charge in [-0.2, -0.15) is 0 Å². The average molecular weight is 239 g/mol. The van der Waals surface area contributed by atoms with Gasteiger partial charge in [-0.05, 0) is 24.1 Å². The van der Waals surface area contributed by atoms with E-state index >= 15 is 0 Å². The fraction of sp³-hybridized carbons (Fsp3) is 0.545. The van der Waals surface area contributed by atoms with Crippen LogP contribution < -0.4 is 4.74 Å². The summed E-state index contributed by atoms with van der Waals surface area (Å²) in [5.41, 5.74) is 1.30. The maximum Gasteiger partial charge on any atom is 0.407 e. The Morgan fingerprint density at radius 3 is 3.06 bits per heavy atom. The molecule has 5 heteroatoms. The van der Waals surface area contributed by atoms with Crippen molar-refractivity contribution in [3.05, 3.63) is 15.8 Å². The molecule has 0 bridgehead atoms. The molecule has 0 spiro atoms. The molecule has 16 heavy (non-hydrogen) atoms. The zero-order valence-corrected chi connectivity index (χ0v) is 9.63. The van der Waals surface area contributed by atoms with Gasteiger partial charge in [-0.25, -0.2) is 4.79 Å². The van der Waals surface area contributed by atoms with Gasteiger partial charge in [0, 0.05) is 5.56 Å². The lowest BCUT2D eigenvalue weighted by Gasteiger charge is -2.13. The third kappa shape index (κ3) is 1.65. The number of thiophene rings is 1. The summed E-state index contributed by atoms with van der Waals surface area (Å²) in [6.07, 6.45) is 1.63. The van der Waals surface area contributed by atoms with Crippen molar-refractivity contribution in [1.29, 1.82) is 0 Å². The minimum Gasteiger partial charge on any atom is -0.490 e. The van der Waals surface area contributed by atoms with Gasteiger partial charge < -0.3 is 9.84 Å². The van der Waals surface area contributed by atoms with Crippen LogP contribution in [0, 0.1) is 0 Å². The molecule has 2 aliphatic rings. The SMILES string of the molecule is O=C(O)N1CCOc2c(C3CC3)csc2C1. The summed E-state index contributed by atoms with van der Waals surface area (Å²) in [6.45, 7) is 1.40. The Morgan fingerprint density at radius 2 is 2.38 bits per heavy atom. The van der Waals surface area contributed by atoms with E-state index in [0.717, 1.165) is 10.6 Å². The summed E-state index contributed by atoms with van der Waals surface area (Å²) in [6, 6.07) is 0. The Labute approximate surface area is 97.4 Å². The summed E-state index contributed by atoms with van der Waals surface area (Å²) in [7, 11) is 0. The van der Waals surface area contributed by atoms with Crippen LogP contribution in [0.2, 0.25) is 0 Å². The fourth-order valence-corrected chi connectivity index (χ4v) is 3.11. The highest BCUT2D eigenvalue weighted by atomic mass is 32.1. The smallest absolute Gasteiger partial charge is 0.407 e. The number of amides is 1. The first-order valence-electron chi connectivity index (χ1n) is 5.46. The summed E-state index contributed by atoms with van der Waals surface area (Å²) >= 11 is 1.62. The van der Waals surface area contributed by atoms with E-state index in [1.807, 2.05) is 0 Å². The van der Waals surface area contributed by atoms with Gasteiger partial charge >= 0.3 is 6.09 Å². The summed E-state index contributed by atoms with van der Waals surface area (Å²) < 4.78 is 5.71. The predicted octanol–water partition coefficient (Wildman–Crippen LogP) is 2.50. The topological polar surface area (TPSA) is 49.8 Å². The molecule has 1 aromatic heterocycles. The molecular weight excluding hydrogens is 226 g/mol. The van der Waals surface area contributed by atoms with E-state index in [1.54, 1.807) is 11.3 Å². The van der Waals surface area contributed by atoms with E-state index in [2.05, 4.69) is 5.38 Å². The van der Waals surface area contributed by atoms with Crippen LogP contribution in [0.3, 0.4) is 0 Å². The summed E-state index contributed by atoms with van der Waals surface area (Å²) in [5, 5.41) is 11.1. The van der Waals surface area contributed by atoms with Crippen LogP contribution in [-0.2, 0) is 6.54 Å². The maximum absolute atomic E-state index is 10.9. The maximum atomic E-state index is 10.9. The Hall–Kier alpha value is -1.23. The van der Waals surface area contributed by atoms with Crippen LogP contribution in [0.1, 0.15) is 29.2 Å². The summed E-state index contributed by atoms with van der Waals surface area (Å²) in [4.78, 5) is 13.4. The minimum absolute atomic E-state index is 0.459. The van der Waals surface area contributed by atoms with Gasteiger partial charge in [0.05, 0.1) is 18.0 Å². The standard InChI is InChI=1S/C11H13NO3S/c13-11(14)12-3-4-15-10-8(7-1-2-7)6-16-9(10)5-12/h6-7H,1-5H2,(H,13,14). The van der Waals surface area contributed by atoms with Crippen LogP contribution in [0.5, 0.6) is 5.75 Å². The van der Waals surface area contributed by atoms with Gasteiger partial charge in [0.15, 0.2) is 0 Å². The molecule has 86 valence electrons.